The third kappa shape index (κ3) is 6.02. The van der Waals surface area contributed by atoms with Gasteiger partial charge in [0.05, 0.1) is 0 Å². The molecule has 0 radical (unpaired) electrons. The van der Waals surface area contributed by atoms with E-state index in [4.69, 9.17) is 10.9 Å². The highest BCUT2D eigenvalue weighted by Crippen LogP contribution is 2.13. The van der Waals surface area contributed by atoms with Crippen molar-refractivity contribution in [2.24, 2.45) is 5.73 Å². The van der Waals surface area contributed by atoms with Crippen molar-refractivity contribution in [1.82, 2.24) is 20.7 Å². The largest absolute Gasteiger partial charge is 0.354 e. The van der Waals surface area contributed by atoms with E-state index in [1.807, 2.05) is 12.1 Å². The Balaban J connectivity index is 1.60. The maximum absolute atomic E-state index is 12.2. The molecule has 1 aliphatic rings. The number of nitrogens with two attached hydrogens (primary N) is 1. The lowest BCUT2D eigenvalue weighted by Crippen LogP contribution is -2.50. The van der Waals surface area contributed by atoms with Gasteiger partial charge in [-0.1, -0.05) is 11.8 Å². The fourth-order valence-electron chi connectivity index (χ4n) is 3.08. The summed E-state index contributed by atoms with van der Waals surface area (Å²) in [6.07, 6.45) is 1.77. The highest BCUT2D eigenvalue weighted by atomic mass is 16.5. The minimum absolute atomic E-state index is 0.136. The summed E-state index contributed by atoms with van der Waals surface area (Å²) >= 11 is 0. The normalized spacial score (nSPS) is 14.9. The number of nitrogens with zero attached hydrogens (tertiary/aromatic N) is 3. The molecule has 5 N–H and O–H groups in total. The minimum atomic E-state index is -1.02. The third-order valence-corrected chi connectivity index (χ3v) is 5.04. The summed E-state index contributed by atoms with van der Waals surface area (Å²) in [5.74, 6) is 5.84. The number of hydroxylamine groups is 1. The van der Waals surface area contributed by atoms with Gasteiger partial charge in [-0.2, -0.15) is 0 Å². The molecule has 0 saturated carbocycles. The lowest BCUT2D eigenvalue weighted by molar-refractivity contribution is -0.130. The first-order valence-electron chi connectivity index (χ1n) is 9.96. The standard InChI is InChI=1S/C22H26N6O3/c1-27-10-12-28(13-11-27)20-9-6-17(15-24-20)3-2-16-4-7-18(8-5-16)21(29)25-19(14-23)22(30)26-31/h4-9,15,19,31H,10-14,23H2,1H3,(H,25,29)(H,26,30)/t19-/m0/s1. The Morgan fingerprint density at radius 2 is 1.74 bits per heavy atom. The van der Waals surface area contributed by atoms with Gasteiger partial charge in [-0.25, -0.2) is 10.5 Å². The van der Waals surface area contributed by atoms with Crippen molar-refractivity contribution in [3.8, 4) is 11.8 Å². The van der Waals surface area contributed by atoms with Gasteiger partial charge >= 0.3 is 0 Å². The van der Waals surface area contributed by atoms with Crippen LogP contribution in [0.25, 0.3) is 0 Å². The number of hydrogen-bond donors (Lipinski definition) is 4. The van der Waals surface area contributed by atoms with Crippen molar-refractivity contribution in [2.45, 2.75) is 6.04 Å². The van der Waals surface area contributed by atoms with Crippen molar-refractivity contribution < 1.29 is 14.8 Å². The molecule has 1 saturated heterocycles. The number of nitrogens with one attached hydrogen (secondary N) is 2. The number of piperazine rings is 1. The van der Waals surface area contributed by atoms with Crippen LogP contribution in [0.3, 0.4) is 0 Å². The van der Waals surface area contributed by atoms with Crippen LogP contribution in [-0.4, -0.2) is 72.7 Å². The number of aromatic nitrogens is 1. The summed E-state index contributed by atoms with van der Waals surface area (Å²) in [5, 5.41) is 11.1. The number of pyridine rings is 1. The van der Waals surface area contributed by atoms with Crippen LogP contribution in [0, 0.1) is 11.8 Å². The fourth-order valence-corrected chi connectivity index (χ4v) is 3.08. The molecule has 31 heavy (non-hydrogen) atoms. The van der Waals surface area contributed by atoms with E-state index in [1.165, 1.54) is 5.48 Å². The van der Waals surface area contributed by atoms with Gasteiger partial charge < -0.3 is 20.9 Å². The van der Waals surface area contributed by atoms with Gasteiger partial charge in [0.2, 0.25) is 0 Å². The Morgan fingerprint density at radius 3 is 2.32 bits per heavy atom. The number of rotatable bonds is 5. The predicted molar refractivity (Wildman–Crippen MR) is 117 cm³/mol. The smallest absolute Gasteiger partial charge is 0.267 e. The second kappa shape index (κ2) is 10.5. The van der Waals surface area contributed by atoms with E-state index in [1.54, 1.807) is 30.5 Å². The van der Waals surface area contributed by atoms with E-state index < -0.39 is 17.9 Å². The first kappa shape index (κ1) is 22.2. The van der Waals surface area contributed by atoms with Crippen molar-refractivity contribution in [2.75, 3.05) is 44.7 Å². The first-order chi connectivity index (χ1) is 15.0. The highest BCUT2D eigenvalue weighted by Gasteiger charge is 2.19. The third-order valence-electron chi connectivity index (χ3n) is 5.04. The number of hydrogen-bond acceptors (Lipinski definition) is 7. The second-order valence-corrected chi connectivity index (χ2v) is 7.26. The summed E-state index contributed by atoms with van der Waals surface area (Å²) in [6.45, 7) is 3.84. The zero-order valence-electron chi connectivity index (χ0n) is 17.3. The fraction of sp³-hybridized carbons (Fsp3) is 0.318. The van der Waals surface area contributed by atoms with E-state index in [-0.39, 0.29) is 6.54 Å². The molecule has 0 unspecified atom stereocenters. The van der Waals surface area contributed by atoms with Crippen molar-refractivity contribution in [1.29, 1.82) is 0 Å². The minimum Gasteiger partial charge on any atom is -0.354 e. The van der Waals surface area contributed by atoms with Crippen LogP contribution >= 0.6 is 0 Å². The van der Waals surface area contributed by atoms with E-state index >= 15 is 0 Å². The van der Waals surface area contributed by atoms with E-state index in [9.17, 15) is 9.59 Å². The zero-order valence-corrected chi connectivity index (χ0v) is 17.3. The molecule has 2 amide bonds. The number of carbonyl (C=O) groups is 2. The molecule has 1 aliphatic heterocycles. The molecule has 9 nitrogen and oxygen atoms in total. The molecular formula is C22H26N6O3. The quantitative estimate of drug-likeness (QED) is 0.299. The highest BCUT2D eigenvalue weighted by molar-refractivity contribution is 5.97. The molecule has 0 bridgehead atoms. The average Bonchev–Trinajstić information content (AvgIpc) is 2.81. The van der Waals surface area contributed by atoms with Crippen LogP contribution < -0.4 is 21.4 Å². The van der Waals surface area contributed by atoms with E-state index in [0.29, 0.717) is 5.56 Å². The number of likely N-dealkylation sites (N-methyl/N-ethyl adjacent to an activating group) is 1. The maximum Gasteiger partial charge on any atom is 0.267 e. The monoisotopic (exact) mass is 422 g/mol. The van der Waals surface area contributed by atoms with Gasteiger partial charge in [0.1, 0.15) is 11.9 Å². The summed E-state index contributed by atoms with van der Waals surface area (Å²) < 4.78 is 0. The average molecular weight is 422 g/mol. The Morgan fingerprint density at radius 1 is 1.10 bits per heavy atom. The Labute approximate surface area is 181 Å². The molecule has 1 fully saturated rings. The predicted octanol–water partition coefficient (Wildman–Crippen LogP) is -0.204. The van der Waals surface area contributed by atoms with Crippen molar-refractivity contribution in [3.05, 3.63) is 59.3 Å². The molecule has 1 aromatic heterocycles. The summed E-state index contributed by atoms with van der Waals surface area (Å²) in [7, 11) is 2.12. The van der Waals surface area contributed by atoms with Crippen LogP contribution in [0.5, 0.6) is 0 Å². The molecule has 0 aliphatic carbocycles. The summed E-state index contributed by atoms with van der Waals surface area (Å²) in [4.78, 5) is 32.7. The van der Waals surface area contributed by atoms with E-state index in [2.05, 4.69) is 39.0 Å². The number of carbonyl (C=O) groups excluding carboxylic acids is 2. The lowest BCUT2D eigenvalue weighted by Gasteiger charge is -2.33. The summed E-state index contributed by atoms with van der Waals surface area (Å²) in [5.41, 5.74) is 8.81. The van der Waals surface area contributed by atoms with Gasteiger partial charge in [-0.15, -0.1) is 0 Å². The maximum atomic E-state index is 12.2. The van der Waals surface area contributed by atoms with Crippen molar-refractivity contribution >= 4 is 17.6 Å². The number of amides is 2. The van der Waals surface area contributed by atoms with Gasteiger partial charge in [-0.3, -0.25) is 14.8 Å². The van der Waals surface area contributed by atoms with Crippen molar-refractivity contribution in [3.63, 3.8) is 0 Å². The van der Waals surface area contributed by atoms with Crippen LogP contribution in [-0.2, 0) is 4.79 Å². The van der Waals surface area contributed by atoms with Crippen LogP contribution in [0.15, 0.2) is 42.6 Å². The molecular weight excluding hydrogens is 396 g/mol. The molecule has 1 atom stereocenters. The molecule has 3 rings (SSSR count). The molecule has 2 aromatic rings. The Hall–Kier alpha value is -3.45. The summed E-state index contributed by atoms with van der Waals surface area (Å²) in [6, 6.07) is 9.58. The molecule has 1 aromatic carbocycles. The Bertz CT molecular complexity index is 957. The number of benzene rings is 1. The number of anilines is 1. The SMILES string of the molecule is CN1CCN(c2ccc(C#Cc3ccc(C(=O)N[C@@H](CN)C(=O)NO)cc3)cn2)CC1. The topological polar surface area (TPSA) is 124 Å². The van der Waals surface area contributed by atoms with Crippen LogP contribution in [0.2, 0.25) is 0 Å². The van der Waals surface area contributed by atoms with Gasteiger partial charge in [0.25, 0.3) is 11.8 Å². The molecule has 2 heterocycles. The van der Waals surface area contributed by atoms with Crippen LogP contribution in [0.1, 0.15) is 21.5 Å². The zero-order chi connectivity index (χ0) is 22.2. The van der Waals surface area contributed by atoms with E-state index in [0.717, 1.165) is 43.1 Å². The second-order valence-electron chi connectivity index (χ2n) is 7.26. The van der Waals surface area contributed by atoms with Crippen LogP contribution in [0.4, 0.5) is 5.82 Å². The first-order valence-corrected chi connectivity index (χ1v) is 9.96. The Kier molecular flexibility index (Phi) is 7.56. The van der Waals surface area contributed by atoms with Gasteiger partial charge in [-0.05, 0) is 43.4 Å². The van der Waals surface area contributed by atoms with Gasteiger partial charge in [0, 0.05) is 55.6 Å². The molecule has 162 valence electrons. The molecule has 9 heteroatoms. The lowest BCUT2D eigenvalue weighted by atomic mass is 10.1. The van der Waals surface area contributed by atoms with Gasteiger partial charge in [0.15, 0.2) is 0 Å². The molecule has 0 spiro atoms.